The lowest BCUT2D eigenvalue weighted by Gasteiger charge is -2.49. The number of hydrogen-bond donors (Lipinski definition) is 2. The lowest BCUT2D eigenvalue weighted by molar-refractivity contribution is -0.157. The van der Waals surface area contributed by atoms with Gasteiger partial charge >= 0.3 is 5.97 Å². The van der Waals surface area contributed by atoms with Crippen LogP contribution in [0, 0.1) is 5.41 Å². The maximum absolute atomic E-state index is 13.8. The number of aliphatic carboxylic acids is 1. The third kappa shape index (κ3) is 6.38. The molecule has 0 radical (unpaired) electrons. The number of rotatable bonds is 8. The Hall–Kier alpha value is -1.86. The van der Waals surface area contributed by atoms with Gasteiger partial charge in [0, 0.05) is 22.5 Å². The molecule has 3 rings (SSSR count). The van der Waals surface area contributed by atoms with Crippen LogP contribution >= 0.6 is 23.2 Å². The number of carbonyl (C=O) groups excluding carboxylic acids is 1. The molecular weight excluding hydrogens is 477 g/mol. The third-order valence-electron chi connectivity index (χ3n) is 6.38. The van der Waals surface area contributed by atoms with Gasteiger partial charge < -0.3 is 14.8 Å². The second kappa shape index (κ2) is 10.2. The van der Waals surface area contributed by atoms with Gasteiger partial charge in [0.25, 0.3) is 0 Å². The van der Waals surface area contributed by atoms with E-state index in [2.05, 4.69) is 0 Å². The number of carboxylic acid groups (broad SMARTS) is 1. The monoisotopic (exact) mass is 507 g/mol. The number of carboxylic acids is 1. The molecule has 1 aliphatic heterocycles. The van der Waals surface area contributed by atoms with Gasteiger partial charge in [0.15, 0.2) is 8.32 Å². The number of amides is 1. The molecule has 0 aromatic heterocycles. The minimum absolute atomic E-state index is 0.147. The predicted molar refractivity (Wildman–Crippen MR) is 134 cm³/mol. The second-order valence-corrected chi connectivity index (χ2v) is 14.9. The van der Waals surface area contributed by atoms with Crippen molar-refractivity contribution < 1.29 is 19.5 Å². The van der Waals surface area contributed by atoms with Gasteiger partial charge in [0.2, 0.25) is 5.91 Å². The van der Waals surface area contributed by atoms with Crippen molar-refractivity contribution in [3.63, 3.8) is 0 Å². The number of halogens is 2. The van der Waals surface area contributed by atoms with Crippen molar-refractivity contribution >= 4 is 43.4 Å². The molecule has 8 heteroatoms. The van der Waals surface area contributed by atoms with Gasteiger partial charge in [-0.25, -0.2) is 0 Å². The number of benzene rings is 2. The molecule has 1 heterocycles. The van der Waals surface area contributed by atoms with E-state index in [4.69, 9.17) is 23.2 Å². The van der Waals surface area contributed by atoms with E-state index in [9.17, 15) is 19.5 Å². The normalized spacial score (nSPS) is 23.6. The summed E-state index contributed by atoms with van der Waals surface area (Å²) in [7, 11) is -2.29. The zero-order chi connectivity index (χ0) is 24.4. The molecule has 1 fully saturated rings. The highest BCUT2D eigenvalue weighted by molar-refractivity contribution is 6.69. The summed E-state index contributed by atoms with van der Waals surface area (Å²) in [4.78, 5) is 37.7. The number of piperidine rings is 1. The Morgan fingerprint density at radius 1 is 1.12 bits per heavy atom. The van der Waals surface area contributed by atoms with Crippen molar-refractivity contribution in [2.75, 3.05) is 6.54 Å². The fourth-order valence-corrected chi connectivity index (χ4v) is 6.24. The molecule has 0 aliphatic carbocycles. The highest BCUT2D eigenvalue weighted by Crippen LogP contribution is 2.51. The van der Waals surface area contributed by atoms with Gasteiger partial charge in [-0.05, 0) is 67.4 Å². The van der Waals surface area contributed by atoms with Gasteiger partial charge in [-0.2, -0.15) is 0 Å². The average molecular weight is 509 g/mol. The summed E-state index contributed by atoms with van der Waals surface area (Å²) in [5, 5.41) is 10.8. The number of hydrogen-bond acceptors (Lipinski definition) is 3. The van der Waals surface area contributed by atoms with E-state index in [1.54, 1.807) is 13.0 Å². The average Bonchev–Trinajstić information content (AvgIpc) is 2.70. The first-order valence-corrected chi connectivity index (χ1v) is 15.1. The molecule has 1 aliphatic rings. The highest BCUT2D eigenvalue weighted by atomic mass is 35.5. The molecule has 2 aromatic rings. The van der Waals surface area contributed by atoms with Crippen LogP contribution in [-0.4, -0.2) is 41.5 Å². The van der Waals surface area contributed by atoms with E-state index in [-0.39, 0.29) is 24.3 Å². The van der Waals surface area contributed by atoms with Gasteiger partial charge in [-0.15, -0.1) is 0 Å². The molecule has 178 valence electrons. The lowest BCUT2D eigenvalue weighted by atomic mass is 9.67. The van der Waals surface area contributed by atoms with Crippen LogP contribution < -0.4 is 0 Å². The zero-order valence-corrected chi connectivity index (χ0v) is 21.7. The predicted octanol–water partition coefficient (Wildman–Crippen LogP) is 6.12. The maximum atomic E-state index is 13.8. The fraction of sp³-hybridized carbons (Fsp3) is 0.440. The zero-order valence-electron chi connectivity index (χ0n) is 19.2. The van der Waals surface area contributed by atoms with Crippen molar-refractivity contribution in [3.8, 4) is 0 Å². The topological polar surface area (TPSA) is 77.8 Å². The summed E-state index contributed by atoms with van der Waals surface area (Å²) < 4.78 is 0. The third-order valence-corrected chi connectivity index (χ3v) is 8.45. The molecule has 1 unspecified atom stereocenters. The Balaban J connectivity index is 2.10. The van der Waals surface area contributed by atoms with Crippen molar-refractivity contribution in [2.45, 2.75) is 57.3 Å². The van der Waals surface area contributed by atoms with Crippen LogP contribution in [0.1, 0.15) is 49.3 Å². The lowest BCUT2D eigenvalue weighted by Crippen LogP contribution is -2.53. The largest absolute Gasteiger partial charge is 0.481 e. The van der Waals surface area contributed by atoms with Crippen molar-refractivity contribution in [1.82, 2.24) is 4.90 Å². The van der Waals surface area contributed by atoms with E-state index in [0.29, 0.717) is 35.5 Å². The summed E-state index contributed by atoms with van der Waals surface area (Å²) in [6.07, 6.45) is 0.798. The van der Waals surface area contributed by atoms with Crippen LogP contribution in [0.15, 0.2) is 48.5 Å². The van der Waals surface area contributed by atoms with Crippen LogP contribution in [0.2, 0.25) is 29.2 Å². The molecule has 2 N–H and O–H groups in total. The first-order valence-electron chi connectivity index (χ1n) is 11.2. The number of carbonyl (C=O) groups is 2. The summed E-state index contributed by atoms with van der Waals surface area (Å²) in [5.41, 5.74) is 0.859. The quantitative estimate of drug-likeness (QED) is 0.421. The van der Waals surface area contributed by atoms with Crippen LogP contribution in [0.5, 0.6) is 0 Å². The second-order valence-electron chi connectivity index (χ2n) is 9.91. The first-order chi connectivity index (χ1) is 15.4. The Kier molecular flexibility index (Phi) is 7.94. The van der Waals surface area contributed by atoms with Gasteiger partial charge in [0.1, 0.15) is 0 Å². The molecule has 1 saturated heterocycles. The van der Waals surface area contributed by atoms with Crippen LogP contribution in [-0.2, 0) is 9.59 Å². The minimum Gasteiger partial charge on any atom is -0.481 e. The van der Waals surface area contributed by atoms with Crippen molar-refractivity contribution in [2.24, 2.45) is 5.41 Å². The van der Waals surface area contributed by atoms with Gasteiger partial charge in [-0.3, -0.25) is 9.59 Å². The highest BCUT2D eigenvalue weighted by Gasteiger charge is 2.50. The molecule has 5 nitrogen and oxygen atoms in total. The summed E-state index contributed by atoms with van der Waals surface area (Å²) in [5.74, 6) is -1.31. The first kappa shape index (κ1) is 25.8. The summed E-state index contributed by atoms with van der Waals surface area (Å²) >= 11 is 12.5. The van der Waals surface area contributed by atoms with Crippen molar-refractivity contribution in [3.05, 3.63) is 69.7 Å². The van der Waals surface area contributed by atoms with Crippen LogP contribution in [0.4, 0.5) is 0 Å². The van der Waals surface area contributed by atoms with E-state index in [1.807, 2.05) is 60.5 Å². The van der Waals surface area contributed by atoms with E-state index >= 15 is 0 Å². The fourth-order valence-electron chi connectivity index (χ4n) is 4.89. The summed E-state index contributed by atoms with van der Waals surface area (Å²) in [6, 6.07) is 15.4. The molecule has 0 saturated carbocycles. The Morgan fingerprint density at radius 2 is 1.79 bits per heavy atom. The number of likely N-dealkylation sites (tertiary alicyclic amines) is 1. The smallest absolute Gasteiger partial charge is 0.304 e. The van der Waals surface area contributed by atoms with Crippen LogP contribution in [0.25, 0.3) is 0 Å². The molecule has 2 aromatic carbocycles. The Morgan fingerprint density at radius 3 is 2.36 bits per heavy atom. The molecule has 33 heavy (non-hydrogen) atoms. The van der Waals surface area contributed by atoms with E-state index in [1.165, 1.54) is 0 Å². The minimum atomic E-state index is -2.29. The number of nitrogens with zero attached hydrogens (tertiary/aromatic N) is 1. The Bertz CT molecular complexity index is 1010. The molecule has 1 amide bonds. The molecular formula is C25H31Cl2NO4Si. The van der Waals surface area contributed by atoms with E-state index in [0.717, 1.165) is 11.1 Å². The van der Waals surface area contributed by atoms with Crippen LogP contribution in [0.3, 0.4) is 0 Å². The maximum Gasteiger partial charge on any atom is 0.304 e. The molecule has 0 bridgehead atoms. The Labute approximate surface area is 206 Å². The standard InChI is InChI=1S/C25H31Cl2NO4Si/c1-25(16-22(29)30)15-21(18-6-4-7-20(27)14-18)23(17-8-10-19(26)11-9-17)28(24(25)31)12-5-13-33(2,3)32/h4,6-11,14,21,23,32H,5,12-13,15-16H2,1-3H3,(H,29,30)/t21?,23-,25-/m1/s1. The molecule has 0 spiro atoms. The van der Waals surface area contributed by atoms with Gasteiger partial charge in [-0.1, -0.05) is 54.4 Å². The van der Waals surface area contributed by atoms with E-state index < -0.39 is 19.7 Å². The summed E-state index contributed by atoms with van der Waals surface area (Å²) in [6.45, 7) is 5.95. The van der Waals surface area contributed by atoms with Gasteiger partial charge in [0.05, 0.1) is 17.9 Å². The SMILES string of the molecule is C[C@]1(CC(=O)O)CC(c2cccc(Cl)c2)[C@@H](c2ccc(Cl)cc2)N(CCC[Si](C)(C)O)C1=O. The molecule has 3 atom stereocenters. The van der Waals surface area contributed by atoms with Crippen molar-refractivity contribution in [1.29, 1.82) is 0 Å².